The number of likely N-dealkylation sites (tertiary alicyclic amines) is 2. The number of rotatable bonds is 7. The van der Waals surface area contributed by atoms with E-state index in [4.69, 9.17) is 0 Å². The third-order valence-electron chi connectivity index (χ3n) is 11.5. The van der Waals surface area contributed by atoms with Gasteiger partial charge in [-0.15, -0.1) is 0 Å². The van der Waals surface area contributed by atoms with Crippen LogP contribution < -0.4 is 0 Å². The minimum Gasteiger partial charge on any atom is -0.385 e. The Bertz CT molecular complexity index is 1390. The van der Waals surface area contributed by atoms with Crippen molar-refractivity contribution < 1.29 is 5.11 Å². The number of aliphatic hydroxyl groups is 1. The van der Waals surface area contributed by atoms with Gasteiger partial charge in [0.2, 0.25) is 0 Å². The Balaban J connectivity index is 0.000000145. The molecule has 3 nitrogen and oxygen atoms in total. The van der Waals surface area contributed by atoms with E-state index < -0.39 is 5.60 Å². The summed E-state index contributed by atoms with van der Waals surface area (Å²) in [6.07, 6.45) is 16.1. The molecule has 2 saturated heterocycles. The fraction of sp³-hybridized carbons (Fsp3) is 0.512. The maximum Gasteiger partial charge on any atom is 0.0942 e. The smallest absolute Gasteiger partial charge is 0.0942 e. The highest BCUT2D eigenvalue weighted by Gasteiger charge is 2.48. The molecule has 3 aromatic rings. The van der Waals surface area contributed by atoms with Crippen molar-refractivity contribution in [1.82, 2.24) is 9.80 Å². The topological polar surface area (TPSA) is 26.7 Å². The van der Waals surface area contributed by atoms with Gasteiger partial charge in [0.25, 0.3) is 0 Å². The number of allylic oxidation sites excluding steroid dienone is 2. The zero-order valence-electron chi connectivity index (χ0n) is 27.2. The molecule has 1 N–H and O–H groups in total. The molecule has 3 heterocycles. The van der Waals surface area contributed by atoms with Crippen molar-refractivity contribution in [2.24, 2.45) is 23.7 Å². The Morgan fingerprint density at radius 2 is 1.47 bits per heavy atom. The number of piperidine rings is 2. The largest absolute Gasteiger partial charge is 0.385 e. The first-order chi connectivity index (χ1) is 22.1. The van der Waals surface area contributed by atoms with E-state index >= 15 is 0 Å². The molecule has 0 radical (unpaired) electrons. The molecule has 2 aliphatic carbocycles. The molecule has 3 aliphatic heterocycles. The average Bonchev–Trinajstić information content (AvgIpc) is 3.73. The summed E-state index contributed by atoms with van der Waals surface area (Å²) in [5, 5.41) is 11.8. The lowest BCUT2D eigenvalue weighted by Crippen LogP contribution is -2.42. The minimum absolute atomic E-state index is 0.393. The number of hydrogen-bond donors (Lipinski definition) is 1. The van der Waals surface area contributed by atoms with E-state index in [0.717, 1.165) is 30.9 Å². The third-order valence-corrected chi connectivity index (χ3v) is 12.7. The first-order valence-electron chi connectivity index (χ1n) is 17.8. The second-order valence-electron chi connectivity index (χ2n) is 14.6. The van der Waals surface area contributed by atoms with E-state index in [9.17, 15) is 5.11 Å². The summed E-state index contributed by atoms with van der Waals surface area (Å²) in [7, 11) is 2.27. The van der Waals surface area contributed by atoms with Crippen LogP contribution in [0.1, 0.15) is 80.4 Å². The Kier molecular flexibility index (Phi) is 9.84. The summed E-state index contributed by atoms with van der Waals surface area (Å²) in [5.41, 5.74) is 3.55. The van der Waals surface area contributed by atoms with Crippen LogP contribution >= 0.6 is 11.8 Å². The van der Waals surface area contributed by atoms with E-state index in [1.165, 1.54) is 80.9 Å². The Morgan fingerprint density at radius 3 is 2.11 bits per heavy atom. The van der Waals surface area contributed by atoms with Crippen molar-refractivity contribution in [2.75, 3.05) is 39.8 Å². The van der Waals surface area contributed by atoms with Crippen LogP contribution in [0, 0.1) is 23.7 Å². The molecule has 0 spiro atoms. The molecule has 4 heteroatoms. The Labute approximate surface area is 276 Å². The maximum atomic E-state index is 11.8. The standard InChI is InChI=1S/C21H29NO.C20H23NS/c23-21(19-7-3-1-4-8-19,11-14-22-12-5-2-6-13-22)20-16-17-9-10-18(20)15-17;1-21-12-6-7-15(14-21)13-18-16-8-2-4-10-19(16)22-20-11-5-3-9-17(18)20/h1,3-4,7-10,17-18,20,23H,2,5-6,11-16H2;2-5,8-11,15,18H,6-7,12-14H2,1H3. The van der Waals surface area contributed by atoms with Gasteiger partial charge in [-0.3, -0.25) is 0 Å². The molecule has 1 saturated carbocycles. The Hall–Kier alpha value is -2.37. The van der Waals surface area contributed by atoms with Crippen LogP contribution in [0.15, 0.2) is 101 Å². The first-order valence-corrected chi connectivity index (χ1v) is 18.6. The zero-order chi connectivity index (χ0) is 30.6. The summed E-state index contributed by atoms with van der Waals surface area (Å²) in [6, 6.07) is 28.5. The molecule has 238 valence electrons. The fourth-order valence-electron chi connectivity index (χ4n) is 9.17. The number of nitrogens with zero attached hydrogens (tertiary/aromatic N) is 2. The maximum absolute atomic E-state index is 11.8. The highest BCUT2D eigenvalue weighted by atomic mass is 32.2. The lowest BCUT2D eigenvalue weighted by atomic mass is 9.72. The molecule has 3 fully saturated rings. The van der Waals surface area contributed by atoms with E-state index in [0.29, 0.717) is 23.7 Å². The molecule has 8 rings (SSSR count). The highest BCUT2D eigenvalue weighted by Crippen LogP contribution is 2.52. The molecule has 0 amide bonds. The highest BCUT2D eigenvalue weighted by molar-refractivity contribution is 7.99. The first kappa shape index (κ1) is 31.2. The van der Waals surface area contributed by atoms with E-state index in [1.54, 1.807) is 11.1 Å². The number of hydrogen-bond acceptors (Lipinski definition) is 4. The van der Waals surface area contributed by atoms with Crippen molar-refractivity contribution >= 4 is 11.8 Å². The lowest BCUT2D eigenvalue weighted by Gasteiger charge is -2.40. The second kappa shape index (κ2) is 14.2. The molecule has 45 heavy (non-hydrogen) atoms. The third kappa shape index (κ3) is 7.00. The zero-order valence-corrected chi connectivity index (χ0v) is 28.0. The van der Waals surface area contributed by atoms with Gasteiger partial charge in [0.15, 0.2) is 0 Å². The molecule has 0 aromatic heterocycles. The molecule has 5 unspecified atom stereocenters. The fourth-order valence-corrected chi connectivity index (χ4v) is 10.4. The Morgan fingerprint density at radius 1 is 0.778 bits per heavy atom. The van der Waals surface area contributed by atoms with Crippen LogP contribution in [0.4, 0.5) is 0 Å². The normalized spacial score (nSPS) is 27.7. The van der Waals surface area contributed by atoms with Gasteiger partial charge in [-0.2, -0.15) is 0 Å². The van der Waals surface area contributed by atoms with Gasteiger partial charge in [-0.1, -0.05) is 97.1 Å². The van der Waals surface area contributed by atoms with Crippen molar-refractivity contribution in [3.05, 3.63) is 108 Å². The van der Waals surface area contributed by atoms with Gasteiger partial charge < -0.3 is 14.9 Å². The lowest BCUT2D eigenvalue weighted by molar-refractivity contribution is -0.0495. The minimum atomic E-state index is -0.664. The monoisotopic (exact) mass is 620 g/mol. The van der Waals surface area contributed by atoms with Gasteiger partial charge in [0.1, 0.15) is 0 Å². The average molecular weight is 621 g/mol. The van der Waals surface area contributed by atoms with Gasteiger partial charge in [-0.25, -0.2) is 0 Å². The predicted molar refractivity (Wildman–Crippen MR) is 188 cm³/mol. The summed E-state index contributed by atoms with van der Waals surface area (Å²) in [5.74, 6) is 3.07. The summed E-state index contributed by atoms with van der Waals surface area (Å²) in [6.45, 7) is 5.98. The van der Waals surface area contributed by atoms with Crippen molar-refractivity contribution in [3.63, 3.8) is 0 Å². The molecular formula is C41H52N2OS. The van der Waals surface area contributed by atoms with Crippen LogP contribution in [0.5, 0.6) is 0 Å². The number of fused-ring (bicyclic) bond motifs is 4. The molecular weight excluding hydrogens is 569 g/mol. The van der Waals surface area contributed by atoms with E-state index in [1.807, 2.05) is 11.8 Å². The van der Waals surface area contributed by atoms with Gasteiger partial charge >= 0.3 is 0 Å². The van der Waals surface area contributed by atoms with Gasteiger partial charge in [0, 0.05) is 28.8 Å². The predicted octanol–water partition coefficient (Wildman–Crippen LogP) is 8.98. The van der Waals surface area contributed by atoms with Crippen LogP contribution in [-0.2, 0) is 5.60 Å². The van der Waals surface area contributed by atoms with E-state index in [2.05, 4.69) is 108 Å². The summed E-state index contributed by atoms with van der Waals surface area (Å²) >= 11 is 1.94. The molecule has 2 bridgehead atoms. The van der Waals surface area contributed by atoms with Crippen molar-refractivity contribution in [3.8, 4) is 0 Å². The molecule has 5 aliphatic rings. The van der Waals surface area contributed by atoms with Crippen molar-refractivity contribution in [1.29, 1.82) is 0 Å². The van der Waals surface area contributed by atoms with Crippen LogP contribution in [0.2, 0.25) is 0 Å². The SMILES string of the molecule is CN1CCCC(CC2c3ccccc3Sc3ccccc32)C1.OC(CCN1CCCCC1)(c1ccccc1)C1CC2C=CC1C2. The van der Waals surface area contributed by atoms with Crippen molar-refractivity contribution in [2.45, 2.75) is 79.1 Å². The summed E-state index contributed by atoms with van der Waals surface area (Å²) < 4.78 is 0. The number of benzene rings is 3. The van der Waals surface area contributed by atoms with E-state index in [-0.39, 0.29) is 0 Å². The van der Waals surface area contributed by atoms with Crippen LogP contribution in [-0.4, -0.2) is 54.7 Å². The van der Waals surface area contributed by atoms with Crippen LogP contribution in [0.25, 0.3) is 0 Å². The summed E-state index contributed by atoms with van der Waals surface area (Å²) in [4.78, 5) is 7.97. The molecule has 3 aromatic carbocycles. The second-order valence-corrected chi connectivity index (χ2v) is 15.6. The van der Waals surface area contributed by atoms with Gasteiger partial charge in [-0.05, 0) is 131 Å². The quantitative estimate of drug-likeness (QED) is 0.267. The molecule has 5 atom stereocenters. The van der Waals surface area contributed by atoms with Crippen LogP contribution in [0.3, 0.4) is 0 Å². The van der Waals surface area contributed by atoms with Gasteiger partial charge in [0.05, 0.1) is 5.60 Å².